The molecule has 0 bridgehead atoms. The second-order valence-corrected chi connectivity index (χ2v) is 8.26. The minimum Gasteiger partial charge on any atom is -0.0786 e. The molecular formula is C24H36B2. The zero-order chi connectivity index (χ0) is 19.7. The highest BCUT2D eigenvalue weighted by atomic mass is 14.1. The fourth-order valence-corrected chi connectivity index (χ4v) is 2.59. The molecule has 0 aliphatic heterocycles. The van der Waals surface area contributed by atoms with Crippen LogP contribution >= 0.6 is 0 Å². The average Bonchev–Trinajstić information content (AvgIpc) is 2.59. The van der Waals surface area contributed by atoms with Gasteiger partial charge in [-0.2, -0.15) is 0 Å². The second-order valence-electron chi connectivity index (χ2n) is 8.26. The van der Waals surface area contributed by atoms with E-state index in [0.29, 0.717) is 0 Å². The summed E-state index contributed by atoms with van der Waals surface area (Å²) in [5.41, 5.74) is 5.24. The van der Waals surface area contributed by atoms with Gasteiger partial charge < -0.3 is 0 Å². The summed E-state index contributed by atoms with van der Waals surface area (Å²) in [7, 11) is 4.72. The maximum Gasteiger partial charge on any atom is 0.192 e. The minimum atomic E-state index is 0.757. The molecule has 0 N–H and O–H groups in total. The number of benzene rings is 2. The summed E-state index contributed by atoms with van der Waals surface area (Å²) >= 11 is 0. The lowest BCUT2D eigenvalue weighted by Gasteiger charge is -2.21. The Morgan fingerprint density at radius 3 is 1.23 bits per heavy atom. The highest BCUT2D eigenvalue weighted by Gasteiger charge is 2.15. The molecular weight excluding hydrogens is 310 g/mol. The normalized spacial score (nSPS) is 13.0. The Hall–Kier alpha value is -1.43. The lowest BCUT2D eigenvalue weighted by Crippen LogP contribution is -2.30. The first-order valence-corrected chi connectivity index (χ1v) is 10.0. The lowest BCUT2D eigenvalue weighted by atomic mass is 9.50. The minimum absolute atomic E-state index is 0.757. The van der Waals surface area contributed by atoms with Crippen LogP contribution in [0.5, 0.6) is 0 Å². The Balaban J connectivity index is 0.000000276. The molecule has 0 spiro atoms. The topological polar surface area (TPSA) is 0 Å². The molecule has 0 nitrogen and oxygen atoms in total. The molecule has 138 valence electrons. The number of hydrogen-bond acceptors (Lipinski definition) is 0. The first kappa shape index (κ1) is 22.6. The third-order valence-electron chi connectivity index (χ3n) is 5.40. The van der Waals surface area contributed by atoms with Crippen molar-refractivity contribution in [3.63, 3.8) is 0 Å². The molecule has 2 radical (unpaired) electrons. The maximum atomic E-state index is 2.48. The van der Waals surface area contributed by atoms with E-state index in [1.807, 2.05) is 0 Å². The summed E-state index contributed by atoms with van der Waals surface area (Å²) in [5.74, 6) is 3.09. The summed E-state index contributed by atoms with van der Waals surface area (Å²) in [6.45, 7) is 18.0. The molecule has 0 aliphatic rings. The zero-order valence-corrected chi connectivity index (χ0v) is 18.1. The van der Waals surface area contributed by atoms with Crippen molar-refractivity contribution in [2.24, 2.45) is 11.8 Å². The van der Waals surface area contributed by atoms with Gasteiger partial charge in [-0.15, -0.1) is 0 Å². The van der Waals surface area contributed by atoms with E-state index in [4.69, 9.17) is 0 Å². The largest absolute Gasteiger partial charge is 0.192 e. The SMILES string of the molecule is CC(C)C(C)[B]C(C)C(C)C.Cc1ccccc1[B]c1ccccc1C. The third kappa shape index (κ3) is 7.85. The average molecular weight is 346 g/mol. The van der Waals surface area contributed by atoms with Crippen LogP contribution in [0.15, 0.2) is 48.5 Å². The van der Waals surface area contributed by atoms with Gasteiger partial charge in [0.1, 0.15) is 7.28 Å². The maximum absolute atomic E-state index is 2.48. The highest BCUT2D eigenvalue weighted by Crippen LogP contribution is 2.24. The molecule has 2 heteroatoms. The molecule has 26 heavy (non-hydrogen) atoms. The van der Waals surface area contributed by atoms with Crippen molar-refractivity contribution in [1.29, 1.82) is 0 Å². The van der Waals surface area contributed by atoms with Gasteiger partial charge in [0.25, 0.3) is 0 Å². The summed E-state index contributed by atoms with van der Waals surface area (Å²) in [6.07, 6.45) is 0. The molecule has 0 heterocycles. The molecule has 0 saturated heterocycles. The molecule has 0 aromatic heterocycles. The fraction of sp³-hybridized carbons (Fsp3) is 0.500. The number of hydrogen-bond donors (Lipinski definition) is 0. The third-order valence-corrected chi connectivity index (χ3v) is 5.40. The van der Waals surface area contributed by atoms with Gasteiger partial charge in [0.15, 0.2) is 7.28 Å². The van der Waals surface area contributed by atoms with Crippen LogP contribution in [0.25, 0.3) is 0 Å². The van der Waals surface area contributed by atoms with E-state index in [0.717, 1.165) is 23.5 Å². The van der Waals surface area contributed by atoms with Crippen LogP contribution in [0.1, 0.15) is 52.7 Å². The van der Waals surface area contributed by atoms with Crippen LogP contribution in [0.2, 0.25) is 11.6 Å². The highest BCUT2D eigenvalue weighted by molar-refractivity contribution is 6.68. The van der Waals surface area contributed by atoms with Crippen molar-refractivity contribution in [3.05, 3.63) is 59.7 Å². The quantitative estimate of drug-likeness (QED) is 0.599. The molecule has 0 fully saturated rings. The van der Waals surface area contributed by atoms with Crippen LogP contribution < -0.4 is 10.9 Å². The van der Waals surface area contributed by atoms with Crippen LogP contribution in [-0.4, -0.2) is 14.6 Å². The molecule has 0 saturated carbocycles. The Bertz CT molecular complexity index is 591. The first-order valence-electron chi connectivity index (χ1n) is 10.0. The monoisotopic (exact) mass is 346 g/mol. The van der Waals surface area contributed by atoms with Crippen molar-refractivity contribution >= 4 is 25.5 Å². The molecule has 0 amide bonds. The van der Waals surface area contributed by atoms with Crippen molar-refractivity contribution in [2.45, 2.75) is 67.0 Å². The van der Waals surface area contributed by atoms with E-state index >= 15 is 0 Å². The van der Waals surface area contributed by atoms with E-state index in [2.05, 4.69) is 118 Å². The van der Waals surface area contributed by atoms with Crippen molar-refractivity contribution in [2.75, 3.05) is 0 Å². The molecule has 2 aromatic rings. The zero-order valence-electron chi connectivity index (χ0n) is 18.1. The Morgan fingerprint density at radius 2 is 0.923 bits per heavy atom. The van der Waals surface area contributed by atoms with Gasteiger partial charge in [0, 0.05) is 0 Å². The number of rotatable bonds is 6. The van der Waals surface area contributed by atoms with Gasteiger partial charge in [0.05, 0.1) is 0 Å². The Morgan fingerprint density at radius 1 is 0.577 bits per heavy atom. The molecule has 0 aliphatic carbocycles. The fourth-order valence-electron chi connectivity index (χ4n) is 2.59. The van der Waals surface area contributed by atoms with E-state index < -0.39 is 0 Å². The van der Waals surface area contributed by atoms with E-state index in [9.17, 15) is 0 Å². The van der Waals surface area contributed by atoms with Gasteiger partial charge in [0.2, 0.25) is 0 Å². The van der Waals surface area contributed by atoms with Crippen LogP contribution in [0.4, 0.5) is 0 Å². The Labute approximate surface area is 164 Å². The molecule has 2 aromatic carbocycles. The second kappa shape index (κ2) is 11.3. The van der Waals surface area contributed by atoms with Gasteiger partial charge in [-0.25, -0.2) is 0 Å². The summed E-state index contributed by atoms with van der Waals surface area (Å²) in [4.78, 5) is 0. The Kier molecular flexibility index (Phi) is 9.84. The lowest BCUT2D eigenvalue weighted by molar-refractivity contribution is 0.575. The molecule has 2 unspecified atom stereocenters. The first-order chi connectivity index (χ1) is 12.2. The van der Waals surface area contributed by atoms with Gasteiger partial charge >= 0.3 is 0 Å². The standard InChI is InChI=1S/C14H14B.C10H22B/c1-11-7-3-5-9-13(11)15-14-10-6-4-8-12(14)2;1-7(2)9(5)11-10(6)8(3)4/h3-10H,1-2H3;7-10H,1-6H3. The smallest absolute Gasteiger partial charge is 0.0786 e. The van der Waals surface area contributed by atoms with E-state index in [-0.39, 0.29) is 0 Å². The van der Waals surface area contributed by atoms with Gasteiger partial charge in [-0.3, -0.25) is 0 Å². The van der Waals surface area contributed by atoms with Crippen molar-refractivity contribution in [1.82, 2.24) is 0 Å². The predicted octanol–water partition coefficient (Wildman–Crippen LogP) is 5.58. The molecule has 2 rings (SSSR count). The summed E-state index contributed by atoms with van der Waals surface area (Å²) < 4.78 is 0. The van der Waals surface area contributed by atoms with Gasteiger partial charge in [-0.05, 0) is 13.8 Å². The van der Waals surface area contributed by atoms with Crippen LogP contribution in [0, 0.1) is 25.7 Å². The van der Waals surface area contributed by atoms with E-state index in [1.165, 1.54) is 22.1 Å². The summed E-state index contributed by atoms with van der Waals surface area (Å²) in [6, 6.07) is 16.9. The predicted molar refractivity (Wildman–Crippen MR) is 122 cm³/mol. The number of aryl methyl sites for hydroxylation is 2. The van der Waals surface area contributed by atoms with Crippen molar-refractivity contribution in [3.8, 4) is 0 Å². The van der Waals surface area contributed by atoms with Crippen molar-refractivity contribution < 1.29 is 0 Å². The van der Waals surface area contributed by atoms with Crippen LogP contribution in [-0.2, 0) is 0 Å². The van der Waals surface area contributed by atoms with Gasteiger partial charge in [-0.1, -0.05) is 136 Å². The van der Waals surface area contributed by atoms with Crippen LogP contribution in [0.3, 0.4) is 0 Å². The summed E-state index contributed by atoms with van der Waals surface area (Å²) in [5, 5.41) is 0. The van der Waals surface area contributed by atoms with E-state index in [1.54, 1.807) is 0 Å². The molecule has 2 atom stereocenters.